The Hall–Kier alpha value is -2.18. The molecule has 0 aliphatic carbocycles. The van der Waals surface area contributed by atoms with Gasteiger partial charge in [-0.1, -0.05) is 0 Å². The van der Waals surface area contributed by atoms with Crippen LogP contribution in [0.25, 0.3) is 0 Å². The number of aryl methyl sites for hydroxylation is 1. The van der Waals surface area contributed by atoms with Gasteiger partial charge in [0.05, 0.1) is 20.3 Å². The third-order valence-electron chi connectivity index (χ3n) is 3.07. The van der Waals surface area contributed by atoms with Crippen molar-refractivity contribution >= 4 is 11.8 Å². The molecule has 0 bridgehead atoms. The van der Waals surface area contributed by atoms with Crippen molar-refractivity contribution in [2.24, 2.45) is 5.41 Å². The monoisotopic (exact) mass is 296 g/mol. The van der Waals surface area contributed by atoms with Crippen LogP contribution >= 0.6 is 0 Å². The maximum absolute atomic E-state index is 12.3. The van der Waals surface area contributed by atoms with Crippen molar-refractivity contribution in [1.29, 1.82) is 0 Å². The van der Waals surface area contributed by atoms with E-state index >= 15 is 0 Å². The molecule has 116 valence electrons. The lowest BCUT2D eigenvalue weighted by atomic mass is 9.88. The van der Waals surface area contributed by atoms with Gasteiger partial charge in [-0.3, -0.25) is 19.0 Å². The fraction of sp³-hybridized carbons (Fsp3) is 0.571. The molecule has 7 heteroatoms. The van der Waals surface area contributed by atoms with E-state index in [2.05, 4.69) is 4.98 Å². The van der Waals surface area contributed by atoms with E-state index in [9.17, 15) is 14.4 Å². The second-order valence-electron chi connectivity index (χ2n) is 5.08. The first-order valence-corrected chi connectivity index (χ1v) is 6.57. The van der Waals surface area contributed by atoms with Gasteiger partial charge in [0.2, 0.25) is 0 Å². The maximum atomic E-state index is 12.3. The summed E-state index contributed by atoms with van der Waals surface area (Å²) in [6.45, 7) is 6.12. The number of carbonyl (C=O) groups excluding carboxylic acids is 2. The number of nitrogens with zero attached hydrogens (tertiary/aromatic N) is 2. The molecule has 0 aromatic carbocycles. The minimum absolute atomic E-state index is 0.0352. The highest BCUT2D eigenvalue weighted by Gasteiger charge is 2.37. The van der Waals surface area contributed by atoms with E-state index < -0.39 is 22.7 Å². The molecular weight excluding hydrogens is 276 g/mol. The van der Waals surface area contributed by atoms with Gasteiger partial charge in [0.15, 0.2) is 5.78 Å². The van der Waals surface area contributed by atoms with Crippen LogP contribution in [0.3, 0.4) is 0 Å². The number of aromatic nitrogens is 2. The zero-order chi connectivity index (χ0) is 16.2. The summed E-state index contributed by atoms with van der Waals surface area (Å²) >= 11 is 0. The number of carbonyl (C=O) groups is 2. The van der Waals surface area contributed by atoms with Crippen molar-refractivity contribution in [3.8, 4) is 6.01 Å². The Balaban J connectivity index is 3.09. The highest BCUT2D eigenvalue weighted by Crippen LogP contribution is 2.20. The number of hydrogen-bond donors (Lipinski definition) is 0. The second kappa shape index (κ2) is 6.51. The normalized spacial score (nSPS) is 11.1. The van der Waals surface area contributed by atoms with E-state index in [-0.39, 0.29) is 19.2 Å². The fourth-order valence-corrected chi connectivity index (χ4v) is 1.66. The van der Waals surface area contributed by atoms with E-state index in [1.807, 2.05) is 0 Å². The lowest BCUT2D eigenvalue weighted by Crippen LogP contribution is -2.39. The summed E-state index contributed by atoms with van der Waals surface area (Å²) in [6, 6.07) is 1.33. The first-order valence-electron chi connectivity index (χ1n) is 6.57. The molecule has 0 atom stereocenters. The molecule has 1 aromatic rings. The molecule has 1 heterocycles. The Kier molecular flexibility index (Phi) is 5.23. The summed E-state index contributed by atoms with van der Waals surface area (Å²) in [5, 5.41) is 0. The van der Waals surface area contributed by atoms with Crippen LogP contribution in [0.2, 0.25) is 0 Å². The maximum Gasteiger partial charge on any atom is 0.319 e. The summed E-state index contributed by atoms with van der Waals surface area (Å²) in [4.78, 5) is 40.1. The SMILES string of the molecule is CCOC(=O)C(C)(C)C(=O)Cn1c(OC)nc(C)cc1=O. The van der Waals surface area contributed by atoms with E-state index in [0.29, 0.717) is 5.69 Å². The topological polar surface area (TPSA) is 87.5 Å². The van der Waals surface area contributed by atoms with Crippen LogP contribution in [0, 0.1) is 12.3 Å². The van der Waals surface area contributed by atoms with Gasteiger partial charge in [-0.25, -0.2) is 4.98 Å². The summed E-state index contributed by atoms with van der Waals surface area (Å²) in [7, 11) is 1.36. The first kappa shape index (κ1) is 16.9. The lowest BCUT2D eigenvalue weighted by Gasteiger charge is -2.21. The molecule has 0 amide bonds. The Morgan fingerprint density at radius 2 is 2.00 bits per heavy atom. The summed E-state index contributed by atoms with van der Waals surface area (Å²) in [5.74, 6) is -1.07. The highest BCUT2D eigenvalue weighted by atomic mass is 16.5. The number of rotatable bonds is 6. The smallest absolute Gasteiger partial charge is 0.319 e. The zero-order valence-corrected chi connectivity index (χ0v) is 12.9. The van der Waals surface area contributed by atoms with Crippen molar-refractivity contribution in [2.75, 3.05) is 13.7 Å². The van der Waals surface area contributed by atoms with E-state index in [1.165, 1.54) is 27.0 Å². The molecule has 0 saturated heterocycles. The summed E-state index contributed by atoms with van der Waals surface area (Å²) in [5.41, 5.74) is -1.26. The Bertz CT molecular complexity index is 604. The quantitative estimate of drug-likeness (QED) is 0.568. The molecule has 0 radical (unpaired) electrons. The molecule has 7 nitrogen and oxygen atoms in total. The van der Waals surface area contributed by atoms with Crippen molar-refractivity contribution < 1.29 is 19.1 Å². The predicted molar refractivity (Wildman–Crippen MR) is 75.2 cm³/mol. The summed E-state index contributed by atoms with van der Waals surface area (Å²) < 4.78 is 11.0. The van der Waals surface area contributed by atoms with Crippen LogP contribution in [0.15, 0.2) is 10.9 Å². The van der Waals surface area contributed by atoms with Gasteiger partial charge in [0.25, 0.3) is 11.6 Å². The summed E-state index contributed by atoms with van der Waals surface area (Å²) in [6.07, 6.45) is 0. The average molecular weight is 296 g/mol. The molecule has 0 saturated carbocycles. The van der Waals surface area contributed by atoms with Gasteiger partial charge in [0, 0.05) is 11.8 Å². The first-order chi connectivity index (χ1) is 9.73. The van der Waals surface area contributed by atoms with Crippen LogP contribution in [-0.2, 0) is 20.9 Å². The van der Waals surface area contributed by atoms with Crippen LogP contribution < -0.4 is 10.3 Å². The molecule has 1 aromatic heterocycles. The lowest BCUT2D eigenvalue weighted by molar-refractivity contribution is -0.158. The second-order valence-corrected chi connectivity index (χ2v) is 5.08. The number of hydrogen-bond acceptors (Lipinski definition) is 6. The van der Waals surface area contributed by atoms with E-state index in [0.717, 1.165) is 4.57 Å². The van der Waals surface area contributed by atoms with Gasteiger partial charge in [0.1, 0.15) is 5.41 Å². The minimum atomic E-state index is -1.34. The number of methoxy groups -OCH3 is 1. The molecule has 0 spiro atoms. The van der Waals surface area contributed by atoms with Gasteiger partial charge in [-0.2, -0.15) is 0 Å². The van der Waals surface area contributed by atoms with Crippen LogP contribution in [0.1, 0.15) is 26.5 Å². The molecule has 21 heavy (non-hydrogen) atoms. The van der Waals surface area contributed by atoms with Crippen molar-refractivity contribution in [3.63, 3.8) is 0 Å². The van der Waals surface area contributed by atoms with Crippen molar-refractivity contribution in [3.05, 3.63) is 22.1 Å². The molecule has 0 fully saturated rings. The standard InChI is InChI=1S/C14H20N2O5/c1-6-21-12(19)14(3,4)10(17)8-16-11(18)7-9(2)15-13(16)20-5/h7H,6,8H2,1-5H3. The fourth-order valence-electron chi connectivity index (χ4n) is 1.66. The molecular formula is C14H20N2O5. The third-order valence-corrected chi connectivity index (χ3v) is 3.07. The van der Waals surface area contributed by atoms with E-state index in [4.69, 9.17) is 9.47 Å². The Morgan fingerprint density at radius 3 is 2.52 bits per heavy atom. The molecule has 0 aliphatic heterocycles. The van der Waals surface area contributed by atoms with E-state index in [1.54, 1.807) is 13.8 Å². The van der Waals surface area contributed by atoms with Crippen molar-refractivity contribution in [1.82, 2.24) is 9.55 Å². The van der Waals surface area contributed by atoms with Gasteiger partial charge in [-0.15, -0.1) is 0 Å². The largest absolute Gasteiger partial charge is 0.468 e. The highest BCUT2D eigenvalue weighted by molar-refractivity contribution is 6.02. The number of ketones is 1. The predicted octanol–water partition coefficient (Wildman–Crippen LogP) is 0.719. The number of Topliss-reactive ketones (excluding diaryl/α,β-unsaturated/α-hetero) is 1. The van der Waals surface area contributed by atoms with Gasteiger partial charge < -0.3 is 9.47 Å². The third kappa shape index (κ3) is 3.68. The van der Waals surface area contributed by atoms with Crippen LogP contribution in [0.5, 0.6) is 6.01 Å². The molecule has 1 rings (SSSR count). The molecule has 0 unspecified atom stereocenters. The van der Waals surface area contributed by atoms with Crippen LogP contribution in [-0.4, -0.2) is 35.0 Å². The number of esters is 1. The Labute approximate surface area is 122 Å². The van der Waals surface area contributed by atoms with Gasteiger partial charge in [-0.05, 0) is 27.7 Å². The van der Waals surface area contributed by atoms with Crippen LogP contribution in [0.4, 0.5) is 0 Å². The average Bonchev–Trinajstić information content (AvgIpc) is 2.41. The molecule has 0 aliphatic rings. The number of ether oxygens (including phenoxy) is 2. The zero-order valence-electron chi connectivity index (χ0n) is 12.9. The van der Waals surface area contributed by atoms with Gasteiger partial charge >= 0.3 is 5.97 Å². The Morgan fingerprint density at radius 1 is 1.38 bits per heavy atom. The minimum Gasteiger partial charge on any atom is -0.468 e. The molecule has 0 N–H and O–H groups in total. The van der Waals surface area contributed by atoms with Crippen molar-refractivity contribution in [2.45, 2.75) is 34.2 Å².